The number of likely N-dealkylation sites (tertiary alicyclic amines) is 1. The van der Waals surface area contributed by atoms with Gasteiger partial charge in [0.2, 0.25) is 0 Å². The van der Waals surface area contributed by atoms with Gasteiger partial charge in [-0.15, -0.1) is 12.4 Å². The number of rotatable bonds is 2. The molecular formula is C19H23ClN2O. The topological polar surface area (TPSA) is 46.3 Å². The minimum atomic E-state index is 0. The third kappa shape index (κ3) is 3.67. The van der Waals surface area contributed by atoms with Gasteiger partial charge in [-0.25, -0.2) is 0 Å². The Balaban J connectivity index is 0.00000192. The van der Waals surface area contributed by atoms with E-state index in [1.54, 1.807) is 6.07 Å². The Morgan fingerprint density at radius 1 is 1.09 bits per heavy atom. The van der Waals surface area contributed by atoms with Gasteiger partial charge >= 0.3 is 0 Å². The highest BCUT2D eigenvalue weighted by molar-refractivity contribution is 5.99. The van der Waals surface area contributed by atoms with Crippen molar-refractivity contribution >= 4 is 24.0 Å². The maximum atomic E-state index is 12.7. The van der Waals surface area contributed by atoms with Gasteiger partial charge in [-0.1, -0.05) is 49.4 Å². The van der Waals surface area contributed by atoms with E-state index < -0.39 is 0 Å². The molecule has 2 aromatic rings. The molecule has 2 aromatic carbocycles. The molecule has 1 aliphatic rings. The highest BCUT2D eigenvalue weighted by atomic mass is 35.5. The zero-order chi connectivity index (χ0) is 15.5. The van der Waals surface area contributed by atoms with E-state index in [9.17, 15) is 4.79 Å². The molecule has 3 rings (SSSR count). The van der Waals surface area contributed by atoms with Crippen LogP contribution in [0, 0.1) is 5.92 Å². The minimum Gasteiger partial charge on any atom is -0.398 e. The molecule has 0 aliphatic carbocycles. The molecule has 0 aromatic heterocycles. The molecule has 0 bridgehead atoms. The predicted octanol–water partition coefficient (Wildman–Crippen LogP) is 3.96. The van der Waals surface area contributed by atoms with Gasteiger partial charge in [-0.05, 0) is 36.0 Å². The number of hydrogen-bond donors (Lipinski definition) is 1. The van der Waals surface area contributed by atoms with Crippen molar-refractivity contribution in [1.29, 1.82) is 0 Å². The summed E-state index contributed by atoms with van der Waals surface area (Å²) >= 11 is 0. The molecule has 0 saturated carbocycles. The number of hydrogen-bond acceptors (Lipinski definition) is 2. The third-order valence-corrected chi connectivity index (χ3v) is 4.61. The summed E-state index contributed by atoms with van der Waals surface area (Å²) in [5, 5.41) is 0. The lowest BCUT2D eigenvalue weighted by Gasteiger charge is -2.37. The van der Waals surface area contributed by atoms with Crippen molar-refractivity contribution in [2.45, 2.75) is 19.3 Å². The molecule has 1 saturated heterocycles. The number of nitrogens with zero attached hydrogens (tertiary/aromatic N) is 1. The fraction of sp³-hybridized carbons (Fsp3) is 0.316. The maximum absolute atomic E-state index is 12.7. The summed E-state index contributed by atoms with van der Waals surface area (Å²) in [6, 6.07) is 17.9. The molecule has 2 N–H and O–H groups in total. The zero-order valence-corrected chi connectivity index (χ0v) is 14.1. The first-order valence-corrected chi connectivity index (χ1v) is 7.85. The Morgan fingerprint density at radius 2 is 1.74 bits per heavy atom. The zero-order valence-electron chi connectivity index (χ0n) is 13.3. The molecule has 1 fully saturated rings. The molecule has 0 spiro atoms. The molecule has 23 heavy (non-hydrogen) atoms. The normalized spacial score (nSPS) is 20.7. The number of nitrogen functional groups attached to an aromatic ring is 1. The molecule has 2 atom stereocenters. The Morgan fingerprint density at radius 3 is 2.39 bits per heavy atom. The van der Waals surface area contributed by atoms with Gasteiger partial charge in [-0.3, -0.25) is 4.79 Å². The smallest absolute Gasteiger partial charge is 0.255 e. The molecular weight excluding hydrogens is 308 g/mol. The number of benzene rings is 2. The van der Waals surface area contributed by atoms with Crippen LogP contribution in [0.4, 0.5) is 5.69 Å². The maximum Gasteiger partial charge on any atom is 0.255 e. The van der Waals surface area contributed by atoms with Crippen molar-refractivity contribution in [2.75, 3.05) is 18.8 Å². The van der Waals surface area contributed by atoms with E-state index in [-0.39, 0.29) is 18.3 Å². The van der Waals surface area contributed by atoms with E-state index >= 15 is 0 Å². The van der Waals surface area contributed by atoms with Crippen LogP contribution >= 0.6 is 12.4 Å². The summed E-state index contributed by atoms with van der Waals surface area (Å²) < 4.78 is 0. The Labute approximate surface area is 143 Å². The Bertz CT molecular complexity index is 659. The van der Waals surface area contributed by atoms with Crippen LogP contribution < -0.4 is 5.73 Å². The summed E-state index contributed by atoms with van der Waals surface area (Å²) in [4.78, 5) is 14.6. The molecule has 0 radical (unpaired) electrons. The van der Waals surface area contributed by atoms with Crippen LogP contribution in [-0.2, 0) is 0 Å². The number of halogens is 1. The first-order chi connectivity index (χ1) is 10.7. The highest BCUT2D eigenvalue weighted by Gasteiger charge is 2.30. The van der Waals surface area contributed by atoms with Gasteiger partial charge in [0, 0.05) is 18.8 Å². The molecule has 2 unspecified atom stereocenters. The van der Waals surface area contributed by atoms with Crippen LogP contribution in [0.25, 0.3) is 0 Å². The summed E-state index contributed by atoms with van der Waals surface area (Å²) in [6.07, 6.45) is 1.00. The molecule has 3 nitrogen and oxygen atoms in total. The van der Waals surface area contributed by atoms with Crippen LogP contribution in [-0.4, -0.2) is 23.9 Å². The van der Waals surface area contributed by atoms with E-state index in [0.29, 0.717) is 23.1 Å². The molecule has 1 heterocycles. The van der Waals surface area contributed by atoms with Crippen molar-refractivity contribution < 1.29 is 4.79 Å². The first kappa shape index (κ1) is 17.4. The summed E-state index contributed by atoms with van der Waals surface area (Å²) in [6.45, 7) is 3.80. The second-order valence-electron chi connectivity index (χ2n) is 6.12. The van der Waals surface area contributed by atoms with Gasteiger partial charge in [0.05, 0.1) is 5.56 Å². The predicted molar refractivity (Wildman–Crippen MR) is 97.0 cm³/mol. The van der Waals surface area contributed by atoms with E-state index in [4.69, 9.17) is 5.73 Å². The summed E-state index contributed by atoms with van der Waals surface area (Å²) in [7, 11) is 0. The number of piperidine rings is 1. The molecule has 4 heteroatoms. The van der Waals surface area contributed by atoms with Crippen molar-refractivity contribution in [3.8, 4) is 0 Å². The van der Waals surface area contributed by atoms with Crippen LogP contribution in [0.5, 0.6) is 0 Å². The molecule has 1 amide bonds. The fourth-order valence-electron chi connectivity index (χ4n) is 3.39. The van der Waals surface area contributed by atoms with E-state index in [1.165, 1.54) is 5.56 Å². The van der Waals surface area contributed by atoms with Gasteiger partial charge < -0.3 is 10.6 Å². The molecule has 122 valence electrons. The number of amides is 1. The van der Waals surface area contributed by atoms with Crippen LogP contribution in [0.3, 0.4) is 0 Å². The largest absolute Gasteiger partial charge is 0.398 e. The van der Waals surface area contributed by atoms with Crippen molar-refractivity contribution in [3.63, 3.8) is 0 Å². The average Bonchev–Trinajstić information content (AvgIpc) is 2.55. The quantitative estimate of drug-likeness (QED) is 0.847. The first-order valence-electron chi connectivity index (χ1n) is 7.85. The van der Waals surface area contributed by atoms with Gasteiger partial charge in [0.25, 0.3) is 5.91 Å². The SMILES string of the molecule is CC1CN(C(=O)c2ccccc2N)CCC1c1ccccc1.Cl. The number of anilines is 1. The summed E-state index contributed by atoms with van der Waals surface area (Å²) in [5.74, 6) is 1.03. The van der Waals surface area contributed by atoms with E-state index in [1.807, 2.05) is 29.2 Å². The number of para-hydroxylation sites is 1. The van der Waals surface area contributed by atoms with Crippen molar-refractivity contribution in [2.24, 2.45) is 5.92 Å². The molecule has 1 aliphatic heterocycles. The second-order valence-corrected chi connectivity index (χ2v) is 6.12. The highest BCUT2D eigenvalue weighted by Crippen LogP contribution is 2.33. The third-order valence-electron chi connectivity index (χ3n) is 4.61. The van der Waals surface area contributed by atoms with Gasteiger partial charge in [-0.2, -0.15) is 0 Å². The van der Waals surface area contributed by atoms with Gasteiger partial charge in [0.1, 0.15) is 0 Å². The Hall–Kier alpha value is -2.00. The number of carbonyl (C=O) groups is 1. The standard InChI is InChI=1S/C19H22N2O.ClH/c1-14-13-21(19(22)17-9-5-6-10-18(17)20)12-11-16(14)15-7-3-2-4-8-15;/h2-10,14,16H,11-13,20H2,1H3;1H. The van der Waals surface area contributed by atoms with Crippen molar-refractivity contribution in [1.82, 2.24) is 4.90 Å². The lowest BCUT2D eigenvalue weighted by molar-refractivity contribution is 0.0662. The fourth-order valence-corrected chi connectivity index (χ4v) is 3.39. The van der Waals surface area contributed by atoms with Crippen LogP contribution in [0.1, 0.15) is 35.2 Å². The minimum absolute atomic E-state index is 0. The Kier molecular flexibility index (Phi) is 5.67. The van der Waals surface area contributed by atoms with E-state index in [0.717, 1.165) is 19.5 Å². The number of carbonyl (C=O) groups excluding carboxylic acids is 1. The van der Waals surface area contributed by atoms with Crippen molar-refractivity contribution in [3.05, 3.63) is 65.7 Å². The lowest BCUT2D eigenvalue weighted by atomic mass is 9.81. The van der Waals surface area contributed by atoms with Crippen LogP contribution in [0.15, 0.2) is 54.6 Å². The monoisotopic (exact) mass is 330 g/mol. The lowest BCUT2D eigenvalue weighted by Crippen LogP contribution is -2.42. The van der Waals surface area contributed by atoms with Crippen LogP contribution in [0.2, 0.25) is 0 Å². The number of nitrogens with two attached hydrogens (primary N) is 1. The average molecular weight is 331 g/mol. The van der Waals surface area contributed by atoms with E-state index in [2.05, 4.69) is 31.2 Å². The van der Waals surface area contributed by atoms with Gasteiger partial charge in [0.15, 0.2) is 0 Å². The second kappa shape index (κ2) is 7.51. The summed E-state index contributed by atoms with van der Waals surface area (Å²) in [5.41, 5.74) is 8.49.